The molecule has 1 amide bonds. The van der Waals surface area contributed by atoms with Crippen LogP contribution in [0.4, 0.5) is 0 Å². The molecule has 0 aliphatic heterocycles. The van der Waals surface area contributed by atoms with E-state index in [9.17, 15) is 15.0 Å². The average Bonchev–Trinajstić information content (AvgIpc) is 3.15. The van der Waals surface area contributed by atoms with E-state index in [1.807, 2.05) is 6.08 Å². The molecule has 0 radical (unpaired) electrons. The average molecular weight is 732 g/mol. The Hall–Kier alpha value is -1.13. The topological polar surface area (TPSA) is 69.6 Å². The molecule has 0 saturated carbocycles. The van der Waals surface area contributed by atoms with Gasteiger partial charge in [0, 0.05) is 6.42 Å². The number of allylic oxidation sites excluding steroid dienone is 3. The minimum Gasteiger partial charge on any atom is -0.394 e. The number of amides is 1. The lowest BCUT2D eigenvalue weighted by Gasteiger charge is -2.20. The zero-order valence-electron chi connectivity index (χ0n) is 35.3. The van der Waals surface area contributed by atoms with Crippen molar-refractivity contribution in [2.75, 3.05) is 6.61 Å². The van der Waals surface area contributed by atoms with Crippen molar-refractivity contribution in [1.29, 1.82) is 0 Å². The van der Waals surface area contributed by atoms with Gasteiger partial charge in [0.25, 0.3) is 0 Å². The maximum Gasteiger partial charge on any atom is 0.220 e. The van der Waals surface area contributed by atoms with Crippen molar-refractivity contribution in [2.45, 2.75) is 270 Å². The van der Waals surface area contributed by atoms with Gasteiger partial charge in [-0.15, -0.1) is 0 Å². The molecule has 0 aliphatic rings. The first-order chi connectivity index (χ1) is 25.7. The summed E-state index contributed by atoms with van der Waals surface area (Å²) in [6.07, 6.45) is 57.2. The van der Waals surface area contributed by atoms with Gasteiger partial charge in [-0.25, -0.2) is 0 Å². The third-order valence-electron chi connectivity index (χ3n) is 10.9. The monoisotopic (exact) mass is 732 g/mol. The van der Waals surface area contributed by atoms with Gasteiger partial charge < -0.3 is 15.5 Å². The van der Waals surface area contributed by atoms with Gasteiger partial charge in [0.2, 0.25) is 5.91 Å². The number of nitrogens with one attached hydrogen (secondary N) is 1. The number of unbranched alkanes of at least 4 members (excludes halogenated alkanes) is 34. The fourth-order valence-electron chi connectivity index (χ4n) is 7.29. The van der Waals surface area contributed by atoms with E-state index >= 15 is 0 Å². The molecule has 0 fully saturated rings. The summed E-state index contributed by atoms with van der Waals surface area (Å²) in [5.74, 6) is -0.0621. The lowest BCUT2D eigenvalue weighted by atomic mass is 10.0. The number of hydrogen-bond acceptors (Lipinski definition) is 3. The van der Waals surface area contributed by atoms with E-state index in [1.54, 1.807) is 6.08 Å². The zero-order valence-corrected chi connectivity index (χ0v) is 35.3. The van der Waals surface area contributed by atoms with Crippen LogP contribution < -0.4 is 5.32 Å². The first kappa shape index (κ1) is 50.9. The van der Waals surface area contributed by atoms with E-state index in [0.717, 1.165) is 25.7 Å². The Labute approximate surface area is 326 Å². The molecule has 0 aromatic rings. The molecular weight excluding hydrogens is 639 g/mol. The summed E-state index contributed by atoms with van der Waals surface area (Å²) in [7, 11) is 0. The Kier molecular flexibility index (Phi) is 43.3. The number of rotatable bonds is 43. The molecule has 4 heteroatoms. The van der Waals surface area contributed by atoms with Crippen LogP contribution in [0.1, 0.15) is 258 Å². The molecule has 0 spiro atoms. The first-order valence-corrected chi connectivity index (χ1v) is 23.6. The molecule has 3 N–H and O–H groups in total. The van der Waals surface area contributed by atoms with E-state index in [2.05, 4.69) is 31.3 Å². The van der Waals surface area contributed by atoms with Gasteiger partial charge >= 0.3 is 0 Å². The Bertz CT molecular complexity index is 750. The van der Waals surface area contributed by atoms with Crippen LogP contribution in [0.25, 0.3) is 0 Å². The van der Waals surface area contributed by atoms with Crippen molar-refractivity contribution in [3.05, 3.63) is 24.3 Å². The van der Waals surface area contributed by atoms with Crippen LogP contribution in [0.2, 0.25) is 0 Å². The van der Waals surface area contributed by atoms with E-state index in [4.69, 9.17) is 0 Å². The first-order valence-electron chi connectivity index (χ1n) is 23.6. The van der Waals surface area contributed by atoms with E-state index in [0.29, 0.717) is 6.42 Å². The highest BCUT2D eigenvalue weighted by Crippen LogP contribution is 2.16. The van der Waals surface area contributed by atoms with Crippen LogP contribution in [-0.2, 0) is 4.79 Å². The normalized spacial score (nSPS) is 13.1. The van der Waals surface area contributed by atoms with Crippen molar-refractivity contribution >= 4 is 5.91 Å². The molecule has 0 bridgehead atoms. The molecule has 0 saturated heterocycles. The van der Waals surface area contributed by atoms with Gasteiger partial charge in [0.1, 0.15) is 0 Å². The molecule has 308 valence electrons. The fourth-order valence-corrected chi connectivity index (χ4v) is 7.29. The zero-order chi connectivity index (χ0) is 37.8. The van der Waals surface area contributed by atoms with E-state index in [-0.39, 0.29) is 12.5 Å². The number of hydrogen-bond donors (Lipinski definition) is 3. The highest BCUT2D eigenvalue weighted by molar-refractivity contribution is 5.76. The highest BCUT2D eigenvalue weighted by atomic mass is 16.3. The summed E-state index contributed by atoms with van der Waals surface area (Å²) >= 11 is 0. The molecule has 0 heterocycles. The fraction of sp³-hybridized carbons (Fsp3) is 0.896. The number of carbonyl (C=O) groups is 1. The second kappa shape index (κ2) is 44.3. The standard InChI is InChI=1S/C48H93NO3/c1-3-5-7-9-11-13-15-17-19-21-22-23-24-25-26-28-30-32-34-36-38-40-42-44-48(52)49-46(45-50)47(51)43-41-39-37-35-33-31-29-27-20-18-16-14-12-10-8-6-4-2/h21-22,41,43,46-47,50-51H,3-20,23-40,42,44-45H2,1-2H3,(H,49,52)/b22-21-,43-41+. The highest BCUT2D eigenvalue weighted by Gasteiger charge is 2.17. The van der Waals surface area contributed by atoms with E-state index in [1.165, 1.54) is 212 Å². The summed E-state index contributed by atoms with van der Waals surface area (Å²) < 4.78 is 0. The van der Waals surface area contributed by atoms with Crippen molar-refractivity contribution in [2.24, 2.45) is 0 Å². The maximum absolute atomic E-state index is 12.4. The molecule has 0 rings (SSSR count). The Morgan fingerprint density at radius 2 is 0.731 bits per heavy atom. The summed E-state index contributed by atoms with van der Waals surface area (Å²) in [4.78, 5) is 12.4. The molecule has 4 nitrogen and oxygen atoms in total. The van der Waals surface area contributed by atoms with Gasteiger partial charge in [-0.1, -0.05) is 231 Å². The summed E-state index contributed by atoms with van der Waals surface area (Å²) in [5, 5.41) is 23.1. The predicted octanol–water partition coefficient (Wildman–Crippen LogP) is 14.8. The lowest BCUT2D eigenvalue weighted by molar-refractivity contribution is -0.123. The molecular formula is C48H93NO3. The largest absolute Gasteiger partial charge is 0.394 e. The Morgan fingerprint density at radius 1 is 0.442 bits per heavy atom. The third kappa shape index (κ3) is 40.1. The van der Waals surface area contributed by atoms with Gasteiger partial charge in [0.05, 0.1) is 18.8 Å². The smallest absolute Gasteiger partial charge is 0.220 e. The number of aliphatic hydroxyl groups excluding tert-OH is 2. The third-order valence-corrected chi connectivity index (χ3v) is 10.9. The van der Waals surface area contributed by atoms with Gasteiger partial charge in [-0.05, 0) is 44.9 Å². The summed E-state index contributed by atoms with van der Waals surface area (Å²) in [6.45, 7) is 4.33. The minimum atomic E-state index is -0.837. The quantitative estimate of drug-likeness (QED) is 0.0432. The number of aliphatic hydroxyl groups is 2. The van der Waals surface area contributed by atoms with Gasteiger partial charge in [-0.3, -0.25) is 4.79 Å². The molecule has 0 aromatic carbocycles. The summed E-state index contributed by atoms with van der Waals surface area (Å²) in [6, 6.07) is -0.620. The minimum absolute atomic E-state index is 0.0621. The molecule has 0 aliphatic carbocycles. The van der Waals surface area contributed by atoms with Crippen molar-refractivity contribution in [3.63, 3.8) is 0 Å². The predicted molar refractivity (Wildman–Crippen MR) is 230 cm³/mol. The van der Waals surface area contributed by atoms with Crippen LogP contribution in [0.3, 0.4) is 0 Å². The van der Waals surface area contributed by atoms with E-state index < -0.39 is 12.1 Å². The molecule has 0 aromatic heterocycles. The second-order valence-corrected chi connectivity index (χ2v) is 16.2. The van der Waals surface area contributed by atoms with Gasteiger partial charge in [-0.2, -0.15) is 0 Å². The van der Waals surface area contributed by atoms with Crippen LogP contribution in [-0.4, -0.2) is 34.9 Å². The second-order valence-electron chi connectivity index (χ2n) is 16.2. The van der Waals surface area contributed by atoms with Crippen molar-refractivity contribution in [3.8, 4) is 0 Å². The van der Waals surface area contributed by atoms with Crippen LogP contribution in [0.5, 0.6) is 0 Å². The van der Waals surface area contributed by atoms with Crippen LogP contribution >= 0.6 is 0 Å². The molecule has 2 atom stereocenters. The Balaban J connectivity index is 3.52. The lowest BCUT2D eigenvalue weighted by Crippen LogP contribution is -2.45. The maximum atomic E-state index is 12.4. The van der Waals surface area contributed by atoms with Crippen LogP contribution in [0, 0.1) is 0 Å². The van der Waals surface area contributed by atoms with Gasteiger partial charge in [0.15, 0.2) is 0 Å². The Morgan fingerprint density at radius 3 is 1.06 bits per heavy atom. The molecule has 2 unspecified atom stereocenters. The van der Waals surface area contributed by atoms with Crippen molar-refractivity contribution < 1.29 is 15.0 Å². The van der Waals surface area contributed by atoms with Crippen molar-refractivity contribution in [1.82, 2.24) is 5.32 Å². The SMILES string of the molecule is CCCCCCCCCC/C=C\CCCCCCCCCCCCCC(=O)NC(CO)C(O)/C=C/CCCCCCCCCCCCCCCCC. The summed E-state index contributed by atoms with van der Waals surface area (Å²) in [5.41, 5.74) is 0. The molecule has 52 heavy (non-hydrogen) atoms. The number of carbonyl (C=O) groups excluding carboxylic acids is 1. The van der Waals surface area contributed by atoms with Crippen LogP contribution in [0.15, 0.2) is 24.3 Å².